The highest BCUT2D eigenvalue weighted by atomic mass is 16.6. The molecule has 1 aromatic carbocycles. The van der Waals surface area contributed by atoms with Gasteiger partial charge in [0, 0.05) is 13.0 Å². The number of hydrogen-bond donors (Lipinski definition) is 0. The van der Waals surface area contributed by atoms with Crippen LogP contribution in [-0.4, -0.2) is 24.5 Å². The molecule has 20 heavy (non-hydrogen) atoms. The van der Waals surface area contributed by atoms with Gasteiger partial charge in [0.2, 0.25) is 0 Å². The molecule has 4 nitrogen and oxygen atoms in total. The Kier molecular flexibility index (Phi) is 4.12. The number of hydrogen-bond acceptors (Lipinski definition) is 3. The first-order valence-electron chi connectivity index (χ1n) is 6.96. The van der Waals surface area contributed by atoms with Crippen LogP contribution < -0.4 is 4.90 Å². The lowest BCUT2D eigenvalue weighted by Gasteiger charge is -2.24. The summed E-state index contributed by atoms with van der Waals surface area (Å²) < 4.78 is 5.41. The van der Waals surface area contributed by atoms with E-state index in [0.717, 1.165) is 35.9 Å². The molecule has 4 heteroatoms. The normalized spacial score (nSPS) is 14.1. The summed E-state index contributed by atoms with van der Waals surface area (Å²) in [5, 5.41) is 0. The van der Waals surface area contributed by atoms with Gasteiger partial charge >= 0.3 is 6.09 Å². The molecule has 1 heterocycles. The highest BCUT2D eigenvalue weighted by Crippen LogP contribution is 2.30. The molecular weight excluding hydrogens is 254 g/mol. The summed E-state index contributed by atoms with van der Waals surface area (Å²) >= 11 is 0. The number of anilines is 1. The topological polar surface area (TPSA) is 46.6 Å². The molecule has 0 N–H and O–H groups in total. The number of amides is 1. The van der Waals surface area contributed by atoms with Gasteiger partial charge in [0.15, 0.2) is 0 Å². The molecule has 1 aliphatic heterocycles. The largest absolute Gasteiger partial charge is 0.443 e. The second-order valence-corrected chi connectivity index (χ2v) is 6.05. The number of benzene rings is 1. The van der Waals surface area contributed by atoms with Crippen molar-refractivity contribution in [2.24, 2.45) is 0 Å². The average molecular weight is 275 g/mol. The molecule has 0 spiro atoms. The van der Waals surface area contributed by atoms with Crippen LogP contribution in [0.1, 0.15) is 38.3 Å². The minimum Gasteiger partial charge on any atom is -0.443 e. The predicted octanol–water partition coefficient (Wildman–Crippen LogP) is 3.12. The Bertz CT molecular complexity index is 517. The summed E-state index contributed by atoms with van der Waals surface area (Å²) in [4.78, 5) is 24.2. The third kappa shape index (κ3) is 3.38. The first-order chi connectivity index (χ1) is 9.40. The summed E-state index contributed by atoms with van der Waals surface area (Å²) in [6, 6.07) is 6.01. The monoisotopic (exact) mass is 275 g/mol. The van der Waals surface area contributed by atoms with Crippen molar-refractivity contribution in [1.82, 2.24) is 0 Å². The maximum atomic E-state index is 12.1. The lowest BCUT2D eigenvalue weighted by atomic mass is 10.1. The quantitative estimate of drug-likeness (QED) is 0.796. The van der Waals surface area contributed by atoms with Gasteiger partial charge < -0.3 is 9.53 Å². The molecule has 0 fully saturated rings. The number of rotatable bonds is 3. The fourth-order valence-electron chi connectivity index (χ4n) is 2.34. The third-order valence-electron chi connectivity index (χ3n) is 3.20. The second-order valence-electron chi connectivity index (χ2n) is 6.05. The number of carbonyl (C=O) groups is 2. The lowest BCUT2D eigenvalue weighted by Crippen LogP contribution is -2.35. The summed E-state index contributed by atoms with van der Waals surface area (Å²) in [6.07, 6.45) is 2.76. The molecular formula is C16H21NO3. The smallest absolute Gasteiger partial charge is 0.414 e. The van der Waals surface area contributed by atoms with E-state index in [2.05, 4.69) is 6.07 Å². The van der Waals surface area contributed by atoms with Crippen LogP contribution in [0, 0.1) is 0 Å². The van der Waals surface area contributed by atoms with Gasteiger partial charge in [-0.3, -0.25) is 4.90 Å². The fraction of sp³-hybridized carbons (Fsp3) is 0.500. The van der Waals surface area contributed by atoms with E-state index in [1.165, 1.54) is 0 Å². The number of carbonyl (C=O) groups excluding carboxylic acids is 2. The molecule has 0 radical (unpaired) electrons. The van der Waals surface area contributed by atoms with Crippen LogP contribution in [0.2, 0.25) is 0 Å². The van der Waals surface area contributed by atoms with Crippen LogP contribution in [0.3, 0.4) is 0 Å². The number of fused-ring (bicyclic) bond motifs is 1. The Hall–Kier alpha value is -1.84. The Labute approximate surface area is 119 Å². The van der Waals surface area contributed by atoms with Crippen LogP contribution in [0.25, 0.3) is 0 Å². The van der Waals surface area contributed by atoms with E-state index >= 15 is 0 Å². The van der Waals surface area contributed by atoms with E-state index < -0.39 is 5.60 Å². The van der Waals surface area contributed by atoms with E-state index in [-0.39, 0.29) is 6.09 Å². The Balaban J connectivity index is 2.13. The van der Waals surface area contributed by atoms with E-state index in [0.29, 0.717) is 13.0 Å². The Morgan fingerprint density at radius 1 is 1.40 bits per heavy atom. The molecule has 1 aliphatic rings. The molecule has 2 rings (SSSR count). The zero-order chi connectivity index (χ0) is 14.8. The van der Waals surface area contributed by atoms with Gasteiger partial charge in [0.05, 0.1) is 5.69 Å². The van der Waals surface area contributed by atoms with Gasteiger partial charge in [-0.25, -0.2) is 4.79 Å². The molecule has 1 aromatic rings. The fourth-order valence-corrected chi connectivity index (χ4v) is 2.34. The number of nitrogens with zero attached hydrogens (tertiary/aromatic N) is 1. The number of ether oxygens (including phenoxy) is 1. The van der Waals surface area contributed by atoms with Crippen LogP contribution in [0.4, 0.5) is 10.5 Å². The van der Waals surface area contributed by atoms with E-state index in [4.69, 9.17) is 4.74 Å². The standard InChI is InChI=1S/C16H21NO3/c1-16(2,3)20-15(19)17-9-8-13-11-12(5-4-10-18)6-7-14(13)17/h6-7,10-11H,4-5,8-9H2,1-3H3. The van der Waals surface area contributed by atoms with Crippen LogP contribution in [0.5, 0.6) is 0 Å². The molecule has 0 saturated heterocycles. The zero-order valence-electron chi connectivity index (χ0n) is 12.3. The summed E-state index contributed by atoms with van der Waals surface area (Å²) in [6.45, 7) is 6.25. The van der Waals surface area contributed by atoms with Crippen molar-refractivity contribution < 1.29 is 14.3 Å². The van der Waals surface area contributed by atoms with E-state index in [1.807, 2.05) is 32.9 Å². The minimum atomic E-state index is -0.482. The average Bonchev–Trinajstić information content (AvgIpc) is 2.77. The van der Waals surface area contributed by atoms with Crippen LogP contribution in [-0.2, 0) is 22.4 Å². The highest BCUT2D eigenvalue weighted by molar-refractivity contribution is 5.90. The van der Waals surface area contributed by atoms with Crippen molar-refractivity contribution >= 4 is 18.1 Å². The first kappa shape index (κ1) is 14.6. The molecule has 0 saturated carbocycles. The summed E-state index contributed by atoms with van der Waals surface area (Å²) in [7, 11) is 0. The highest BCUT2D eigenvalue weighted by Gasteiger charge is 2.28. The maximum Gasteiger partial charge on any atom is 0.414 e. The van der Waals surface area contributed by atoms with Gasteiger partial charge in [-0.15, -0.1) is 0 Å². The third-order valence-corrected chi connectivity index (χ3v) is 3.20. The second kappa shape index (κ2) is 5.65. The summed E-state index contributed by atoms with van der Waals surface area (Å²) in [5.74, 6) is 0. The molecule has 0 aliphatic carbocycles. The number of aldehydes is 1. The molecule has 108 valence electrons. The van der Waals surface area contributed by atoms with E-state index in [9.17, 15) is 9.59 Å². The van der Waals surface area contributed by atoms with Crippen molar-refractivity contribution in [3.63, 3.8) is 0 Å². The maximum absolute atomic E-state index is 12.1. The van der Waals surface area contributed by atoms with Gasteiger partial charge in [-0.05, 0) is 50.8 Å². The molecule has 0 atom stereocenters. The van der Waals surface area contributed by atoms with Crippen molar-refractivity contribution in [2.75, 3.05) is 11.4 Å². The van der Waals surface area contributed by atoms with Crippen LogP contribution >= 0.6 is 0 Å². The molecule has 1 amide bonds. The molecule has 0 aromatic heterocycles. The van der Waals surface area contributed by atoms with E-state index in [1.54, 1.807) is 4.90 Å². The minimum absolute atomic E-state index is 0.295. The zero-order valence-corrected chi connectivity index (χ0v) is 12.3. The predicted molar refractivity (Wildman–Crippen MR) is 78.1 cm³/mol. The molecule has 0 unspecified atom stereocenters. The van der Waals surface area contributed by atoms with Crippen molar-refractivity contribution in [3.05, 3.63) is 29.3 Å². The van der Waals surface area contributed by atoms with Crippen molar-refractivity contribution in [2.45, 2.75) is 45.6 Å². The van der Waals surface area contributed by atoms with Crippen molar-refractivity contribution in [1.29, 1.82) is 0 Å². The Morgan fingerprint density at radius 3 is 2.80 bits per heavy atom. The number of aryl methyl sites for hydroxylation is 1. The van der Waals surface area contributed by atoms with Gasteiger partial charge in [-0.2, -0.15) is 0 Å². The molecule has 0 bridgehead atoms. The van der Waals surface area contributed by atoms with Gasteiger partial charge in [0.25, 0.3) is 0 Å². The summed E-state index contributed by atoms with van der Waals surface area (Å²) in [5.41, 5.74) is 2.74. The first-order valence-corrected chi connectivity index (χ1v) is 6.96. The van der Waals surface area contributed by atoms with Gasteiger partial charge in [-0.1, -0.05) is 12.1 Å². The van der Waals surface area contributed by atoms with Crippen molar-refractivity contribution in [3.8, 4) is 0 Å². The SMILES string of the molecule is CC(C)(C)OC(=O)N1CCc2cc(CCC=O)ccc21. The van der Waals surface area contributed by atoms with Gasteiger partial charge in [0.1, 0.15) is 11.9 Å². The van der Waals surface area contributed by atoms with Crippen LogP contribution in [0.15, 0.2) is 18.2 Å². The Morgan fingerprint density at radius 2 is 2.15 bits per heavy atom. The lowest BCUT2D eigenvalue weighted by molar-refractivity contribution is -0.107.